The average Bonchev–Trinajstić information content (AvgIpc) is 3.08. The number of piperidine rings is 1. The predicted molar refractivity (Wildman–Crippen MR) is 121 cm³/mol. The molecule has 0 aromatic heterocycles. The van der Waals surface area contributed by atoms with Gasteiger partial charge in [-0.25, -0.2) is 0 Å². The first-order valence-corrected chi connectivity index (χ1v) is 11.2. The number of rotatable bonds is 7. The zero-order valence-electron chi connectivity index (χ0n) is 18.6. The van der Waals surface area contributed by atoms with Crippen molar-refractivity contribution in [2.24, 2.45) is 0 Å². The highest BCUT2D eigenvalue weighted by Gasteiger charge is 2.37. The van der Waals surface area contributed by atoms with E-state index in [2.05, 4.69) is 5.32 Å². The molecule has 8 nitrogen and oxygen atoms in total. The van der Waals surface area contributed by atoms with Crippen LogP contribution in [-0.2, 0) is 16.0 Å². The first-order chi connectivity index (χ1) is 16.0. The van der Waals surface area contributed by atoms with Gasteiger partial charge >= 0.3 is 0 Å². The van der Waals surface area contributed by atoms with E-state index in [9.17, 15) is 19.2 Å². The molecule has 8 heteroatoms. The Bertz CT molecular complexity index is 1040. The molecule has 2 aliphatic rings. The number of nitrogens with zero attached hydrogens (tertiary/aromatic N) is 2. The van der Waals surface area contributed by atoms with Gasteiger partial charge in [0.05, 0.1) is 11.1 Å². The Morgan fingerprint density at radius 3 is 2.21 bits per heavy atom. The molecular weight excluding hydrogens is 422 g/mol. The Balaban J connectivity index is 1.23. The maximum atomic E-state index is 12.7. The number of aryl methyl sites for hydroxylation is 1. The highest BCUT2D eigenvalue weighted by atomic mass is 16.5. The lowest BCUT2D eigenvalue weighted by Crippen LogP contribution is -2.50. The van der Waals surface area contributed by atoms with Crippen LogP contribution < -0.4 is 10.1 Å². The number of hydrogen-bond donors (Lipinski definition) is 1. The standard InChI is InChI=1S/C25H27N3O5/c1-2-17-7-3-6-10-21(17)33-16-22(29)26-18-11-13-27(14-12-18)23(30)15-28-24(31)19-8-4-5-9-20(19)25(28)32/h3-10,18H,2,11-16H2,1H3,(H,26,29). The number of likely N-dealkylation sites (tertiary alicyclic amines) is 1. The monoisotopic (exact) mass is 449 g/mol. The normalized spacial score (nSPS) is 16.0. The van der Waals surface area contributed by atoms with Crippen molar-refractivity contribution in [2.45, 2.75) is 32.2 Å². The summed E-state index contributed by atoms with van der Waals surface area (Å²) >= 11 is 0. The minimum Gasteiger partial charge on any atom is -0.483 e. The molecule has 2 aromatic rings. The second-order valence-electron chi connectivity index (χ2n) is 8.21. The maximum Gasteiger partial charge on any atom is 0.262 e. The Hall–Kier alpha value is -3.68. The molecule has 0 atom stereocenters. The second kappa shape index (κ2) is 9.85. The molecule has 172 valence electrons. The predicted octanol–water partition coefficient (Wildman–Crippen LogP) is 2.03. The van der Waals surface area contributed by atoms with Gasteiger partial charge in [0.15, 0.2) is 6.61 Å². The fourth-order valence-electron chi connectivity index (χ4n) is 4.24. The van der Waals surface area contributed by atoms with Crippen LogP contribution in [0.3, 0.4) is 0 Å². The number of carbonyl (C=O) groups excluding carboxylic acids is 4. The molecular formula is C25H27N3O5. The Morgan fingerprint density at radius 1 is 0.970 bits per heavy atom. The topological polar surface area (TPSA) is 96.0 Å². The van der Waals surface area contributed by atoms with Crippen LogP contribution in [0.25, 0.3) is 0 Å². The zero-order valence-corrected chi connectivity index (χ0v) is 18.6. The van der Waals surface area contributed by atoms with Gasteiger partial charge in [-0.05, 0) is 43.0 Å². The van der Waals surface area contributed by atoms with Crippen LogP contribution in [0.4, 0.5) is 0 Å². The Kier molecular flexibility index (Phi) is 6.72. The number of nitrogens with one attached hydrogen (secondary N) is 1. The first kappa shape index (κ1) is 22.5. The van der Waals surface area contributed by atoms with Crippen LogP contribution in [-0.4, -0.2) is 65.7 Å². The van der Waals surface area contributed by atoms with Gasteiger partial charge in [0.25, 0.3) is 17.7 Å². The molecule has 1 saturated heterocycles. The van der Waals surface area contributed by atoms with Crippen LogP contribution in [0.15, 0.2) is 48.5 Å². The van der Waals surface area contributed by atoms with Gasteiger partial charge in [0.2, 0.25) is 5.91 Å². The molecule has 2 aromatic carbocycles. The van der Waals surface area contributed by atoms with Crippen LogP contribution in [0.2, 0.25) is 0 Å². The van der Waals surface area contributed by atoms with Crippen molar-refractivity contribution in [1.29, 1.82) is 0 Å². The van der Waals surface area contributed by atoms with E-state index in [1.165, 1.54) is 0 Å². The minimum atomic E-state index is -0.434. The van der Waals surface area contributed by atoms with E-state index < -0.39 is 11.8 Å². The molecule has 0 aliphatic carbocycles. The van der Waals surface area contributed by atoms with Crippen LogP contribution in [0.5, 0.6) is 5.75 Å². The maximum absolute atomic E-state index is 12.7. The van der Waals surface area contributed by atoms with Crippen molar-refractivity contribution < 1.29 is 23.9 Å². The number of amides is 4. The highest BCUT2D eigenvalue weighted by molar-refractivity contribution is 6.22. The summed E-state index contributed by atoms with van der Waals surface area (Å²) in [5.41, 5.74) is 1.72. The van der Waals surface area contributed by atoms with Crippen LogP contribution in [0, 0.1) is 0 Å². The van der Waals surface area contributed by atoms with Crippen molar-refractivity contribution in [3.05, 3.63) is 65.2 Å². The van der Waals surface area contributed by atoms with E-state index in [1.54, 1.807) is 29.2 Å². The third-order valence-electron chi connectivity index (χ3n) is 6.10. The highest BCUT2D eigenvalue weighted by Crippen LogP contribution is 2.23. The largest absolute Gasteiger partial charge is 0.483 e. The minimum absolute atomic E-state index is 0.0501. The smallest absolute Gasteiger partial charge is 0.262 e. The van der Waals surface area contributed by atoms with E-state index >= 15 is 0 Å². The molecule has 1 fully saturated rings. The van der Waals surface area contributed by atoms with Crippen molar-refractivity contribution in [3.8, 4) is 5.75 Å². The first-order valence-electron chi connectivity index (χ1n) is 11.2. The van der Waals surface area contributed by atoms with Gasteiger partial charge in [-0.15, -0.1) is 0 Å². The van der Waals surface area contributed by atoms with Gasteiger partial charge in [-0.1, -0.05) is 37.3 Å². The fraction of sp³-hybridized carbons (Fsp3) is 0.360. The number of hydrogen-bond acceptors (Lipinski definition) is 5. The van der Waals surface area contributed by atoms with Gasteiger partial charge in [0, 0.05) is 19.1 Å². The van der Waals surface area contributed by atoms with Gasteiger partial charge in [0.1, 0.15) is 12.3 Å². The number of fused-ring (bicyclic) bond motifs is 1. The van der Waals surface area contributed by atoms with E-state index in [4.69, 9.17) is 4.74 Å². The lowest BCUT2D eigenvalue weighted by Gasteiger charge is -2.33. The molecule has 4 rings (SSSR count). The molecule has 2 aliphatic heterocycles. The van der Waals surface area contributed by atoms with Crippen molar-refractivity contribution in [2.75, 3.05) is 26.2 Å². The summed E-state index contributed by atoms with van der Waals surface area (Å²) in [4.78, 5) is 52.6. The molecule has 1 N–H and O–H groups in total. The summed E-state index contributed by atoms with van der Waals surface area (Å²) in [6.45, 7) is 2.61. The molecule has 0 unspecified atom stereocenters. The molecule has 0 radical (unpaired) electrons. The summed E-state index contributed by atoms with van der Waals surface area (Å²) in [5, 5.41) is 2.96. The lowest BCUT2D eigenvalue weighted by atomic mass is 10.0. The lowest BCUT2D eigenvalue weighted by molar-refractivity contribution is -0.132. The molecule has 33 heavy (non-hydrogen) atoms. The zero-order chi connectivity index (χ0) is 23.4. The number of imide groups is 1. The quantitative estimate of drug-likeness (QED) is 0.653. The molecule has 0 saturated carbocycles. The number of carbonyl (C=O) groups is 4. The van der Waals surface area contributed by atoms with Crippen LogP contribution in [0.1, 0.15) is 46.0 Å². The van der Waals surface area contributed by atoms with Crippen molar-refractivity contribution in [1.82, 2.24) is 15.1 Å². The van der Waals surface area contributed by atoms with E-state index in [0.717, 1.165) is 16.9 Å². The van der Waals surface area contributed by atoms with Crippen molar-refractivity contribution in [3.63, 3.8) is 0 Å². The van der Waals surface area contributed by atoms with E-state index in [0.29, 0.717) is 42.8 Å². The summed E-state index contributed by atoms with van der Waals surface area (Å²) in [6.07, 6.45) is 2.03. The van der Waals surface area contributed by atoms with Crippen LogP contribution >= 0.6 is 0 Å². The second-order valence-corrected chi connectivity index (χ2v) is 8.21. The SMILES string of the molecule is CCc1ccccc1OCC(=O)NC1CCN(C(=O)CN2C(=O)c3ccccc3C2=O)CC1. The molecule has 0 bridgehead atoms. The summed E-state index contributed by atoms with van der Waals surface area (Å²) < 4.78 is 5.67. The van der Waals surface area contributed by atoms with E-state index in [-0.39, 0.29) is 31.0 Å². The van der Waals surface area contributed by atoms with Gasteiger partial charge in [-0.3, -0.25) is 24.1 Å². The Labute approximate surface area is 192 Å². The molecule has 2 heterocycles. The Morgan fingerprint density at radius 2 is 1.58 bits per heavy atom. The third-order valence-corrected chi connectivity index (χ3v) is 6.10. The van der Waals surface area contributed by atoms with Gasteiger partial charge in [-0.2, -0.15) is 0 Å². The number of para-hydroxylation sites is 1. The van der Waals surface area contributed by atoms with Gasteiger partial charge < -0.3 is 15.0 Å². The molecule has 0 spiro atoms. The third kappa shape index (κ3) is 4.89. The summed E-state index contributed by atoms with van der Waals surface area (Å²) in [7, 11) is 0. The molecule has 4 amide bonds. The summed E-state index contributed by atoms with van der Waals surface area (Å²) in [6, 6.07) is 14.2. The number of benzene rings is 2. The van der Waals surface area contributed by atoms with Crippen molar-refractivity contribution >= 4 is 23.6 Å². The average molecular weight is 450 g/mol. The van der Waals surface area contributed by atoms with E-state index in [1.807, 2.05) is 31.2 Å². The fourth-order valence-corrected chi connectivity index (χ4v) is 4.24. The number of ether oxygens (including phenoxy) is 1. The summed E-state index contributed by atoms with van der Waals surface area (Å²) in [5.74, 6) is -0.624.